The maximum absolute atomic E-state index is 11.3. The van der Waals surface area contributed by atoms with Crippen LogP contribution in [-0.4, -0.2) is 25.8 Å². The summed E-state index contributed by atoms with van der Waals surface area (Å²) in [6.07, 6.45) is 2.97. The Bertz CT molecular complexity index is 720. The van der Waals surface area contributed by atoms with Crippen molar-refractivity contribution >= 4 is 16.7 Å². The number of rotatable bonds is 2. The molecule has 3 aromatic rings. The fourth-order valence-electron chi connectivity index (χ4n) is 1.94. The highest BCUT2D eigenvalue weighted by Crippen LogP contribution is 2.22. The van der Waals surface area contributed by atoms with E-state index in [1.807, 2.05) is 30.3 Å². The molecule has 0 aliphatic heterocycles. The van der Waals surface area contributed by atoms with Crippen molar-refractivity contribution in [2.24, 2.45) is 0 Å². The molecule has 5 heteroatoms. The van der Waals surface area contributed by atoms with Gasteiger partial charge in [-0.15, -0.1) is 10.2 Å². The maximum atomic E-state index is 11.3. The van der Waals surface area contributed by atoms with Gasteiger partial charge in [0.2, 0.25) is 0 Å². The SMILES string of the molecule is O=C(O)c1cc2ccccc2cc1-n1cnnc1. The van der Waals surface area contributed by atoms with Crippen LogP contribution >= 0.6 is 0 Å². The van der Waals surface area contributed by atoms with Crippen molar-refractivity contribution in [3.05, 3.63) is 54.6 Å². The molecule has 0 fully saturated rings. The minimum absolute atomic E-state index is 0.230. The van der Waals surface area contributed by atoms with E-state index in [-0.39, 0.29) is 5.56 Å². The van der Waals surface area contributed by atoms with Crippen molar-refractivity contribution in [1.29, 1.82) is 0 Å². The van der Waals surface area contributed by atoms with E-state index in [1.165, 1.54) is 12.7 Å². The molecule has 0 aliphatic rings. The fraction of sp³-hybridized carbons (Fsp3) is 0. The number of aromatic nitrogens is 3. The standard InChI is InChI=1S/C13H9N3O2/c17-13(18)11-5-9-3-1-2-4-10(9)6-12(11)16-7-14-15-8-16/h1-8H,(H,17,18). The average molecular weight is 239 g/mol. The third-order valence-electron chi connectivity index (χ3n) is 2.79. The molecular formula is C13H9N3O2. The van der Waals surface area contributed by atoms with Gasteiger partial charge in [0, 0.05) is 0 Å². The summed E-state index contributed by atoms with van der Waals surface area (Å²) in [5.41, 5.74) is 0.791. The second kappa shape index (κ2) is 3.96. The third-order valence-corrected chi connectivity index (χ3v) is 2.79. The van der Waals surface area contributed by atoms with Crippen LogP contribution in [0.4, 0.5) is 0 Å². The summed E-state index contributed by atoms with van der Waals surface area (Å²) in [4.78, 5) is 11.3. The number of hydrogen-bond acceptors (Lipinski definition) is 3. The highest BCUT2D eigenvalue weighted by atomic mass is 16.4. The Balaban J connectivity index is 2.34. The Labute approximate surface area is 102 Å². The van der Waals surface area contributed by atoms with E-state index in [4.69, 9.17) is 0 Å². The van der Waals surface area contributed by atoms with E-state index in [0.717, 1.165) is 10.8 Å². The van der Waals surface area contributed by atoms with Crippen molar-refractivity contribution in [2.45, 2.75) is 0 Å². The second-order valence-corrected chi connectivity index (χ2v) is 3.89. The van der Waals surface area contributed by atoms with Gasteiger partial charge in [0.25, 0.3) is 0 Å². The number of carboxylic acids is 1. The summed E-state index contributed by atoms with van der Waals surface area (Å²) in [6, 6.07) is 11.1. The number of aromatic carboxylic acids is 1. The van der Waals surface area contributed by atoms with Crippen molar-refractivity contribution in [3.63, 3.8) is 0 Å². The summed E-state index contributed by atoms with van der Waals surface area (Å²) in [6.45, 7) is 0. The highest BCUT2D eigenvalue weighted by molar-refractivity contribution is 5.98. The molecule has 0 saturated carbocycles. The van der Waals surface area contributed by atoms with Crippen LogP contribution in [0.5, 0.6) is 0 Å². The third kappa shape index (κ3) is 1.62. The van der Waals surface area contributed by atoms with Crippen molar-refractivity contribution < 1.29 is 9.90 Å². The maximum Gasteiger partial charge on any atom is 0.337 e. The van der Waals surface area contributed by atoms with Gasteiger partial charge >= 0.3 is 5.97 Å². The zero-order chi connectivity index (χ0) is 12.5. The first-order valence-electron chi connectivity index (χ1n) is 5.37. The lowest BCUT2D eigenvalue weighted by Gasteiger charge is -2.08. The lowest BCUT2D eigenvalue weighted by atomic mass is 10.0. The van der Waals surface area contributed by atoms with Crippen LogP contribution in [0.2, 0.25) is 0 Å². The van der Waals surface area contributed by atoms with E-state index < -0.39 is 5.97 Å². The van der Waals surface area contributed by atoms with Gasteiger partial charge in [0.15, 0.2) is 0 Å². The molecule has 88 valence electrons. The predicted molar refractivity (Wildman–Crippen MR) is 65.8 cm³/mol. The zero-order valence-electron chi connectivity index (χ0n) is 9.32. The first kappa shape index (κ1) is 10.5. The van der Waals surface area contributed by atoms with Crippen molar-refractivity contribution in [1.82, 2.24) is 14.8 Å². The van der Waals surface area contributed by atoms with Crippen LogP contribution < -0.4 is 0 Å². The molecular weight excluding hydrogens is 230 g/mol. The predicted octanol–water partition coefficient (Wildman–Crippen LogP) is 2.12. The number of carbonyl (C=O) groups is 1. The number of benzene rings is 2. The van der Waals surface area contributed by atoms with E-state index in [9.17, 15) is 9.90 Å². The van der Waals surface area contributed by atoms with E-state index in [2.05, 4.69) is 10.2 Å². The number of hydrogen-bond donors (Lipinski definition) is 1. The minimum Gasteiger partial charge on any atom is -0.478 e. The molecule has 1 N–H and O–H groups in total. The van der Waals surface area contributed by atoms with E-state index >= 15 is 0 Å². The van der Waals surface area contributed by atoms with E-state index in [1.54, 1.807) is 10.6 Å². The van der Waals surface area contributed by atoms with Crippen LogP contribution in [0.25, 0.3) is 16.5 Å². The normalized spacial score (nSPS) is 10.7. The van der Waals surface area contributed by atoms with Gasteiger partial charge < -0.3 is 5.11 Å². The largest absolute Gasteiger partial charge is 0.478 e. The van der Waals surface area contributed by atoms with Crippen molar-refractivity contribution in [3.8, 4) is 5.69 Å². The molecule has 0 unspecified atom stereocenters. The number of carboxylic acid groups (broad SMARTS) is 1. The van der Waals surface area contributed by atoms with Crippen LogP contribution in [0, 0.1) is 0 Å². The number of fused-ring (bicyclic) bond motifs is 1. The number of nitrogens with zero attached hydrogens (tertiary/aromatic N) is 3. The molecule has 5 nitrogen and oxygen atoms in total. The summed E-state index contributed by atoms with van der Waals surface area (Å²) in [5, 5.41) is 18.5. The lowest BCUT2D eigenvalue weighted by molar-refractivity contribution is 0.0697. The summed E-state index contributed by atoms with van der Waals surface area (Å²) >= 11 is 0. The van der Waals surface area contributed by atoms with Gasteiger partial charge in [-0.2, -0.15) is 0 Å². The minimum atomic E-state index is -0.968. The molecule has 0 spiro atoms. The Morgan fingerprint density at radius 1 is 1.06 bits per heavy atom. The van der Waals surface area contributed by atoms with Crippen LogP contribution in [0.3, 0.4) is 0 Å². The molecule has 0 radical (unpaired) electrons. The van der Waals surface area contributed by atoms with Crippen LogP contribution in [0.1, 0.15) is 10.4 Å². The molecule has 0 amide bonds. The molecule has 0 atom stereocenters. The van der Waals surface area contributed by atoms with Gasteiger partial charge in [0.05, 0.1) is 11.3 Å². The Hall–Kier alpha value is -2.69. The molecule has 0 aliphatic carbocycles. The molecule has 18 heavy (non-hydrogen) atoms. The Morgan fingerprint density at radius 3 is 2.28 bits per heavy atom. The molecule has 3 rings (SSSR count). The topological polar surface area (TPSA) is 68.0 Å². The molecule has 0 saturated heterocycles. The smallest absolute Gasteiger partial charge is 0.337 e. The Kier molecular flexibility index (Phi) is 2.30. The zero-order valence-corrected chi connectivity index (χ0v) is 9.32. The fourth-order valence-corrected chi connectivity index (χ4v) is 1.94. The summed E-state index contributed by atoms with van der Waals surface area (Å²) in [5.74, 6) is -0.968. The summed E-state index contributed by atoms with van der Waals surface area (Å²) in [7, 11) is 0. The van der Waals surface area contributed by atoms with Gasteiger partial charge in [-0.1, -0.05) is 24.3 Å². The van der Waals surface area contributed by atoms with Crippen molar-refractivity contribution in [2.75, 3.05) is 0 Å². The molecule has 1 aromatic heterocycles. The van der Waals surface area contributed by atoms with Crippen LogP contribution in [-0.2, 0) is 0 Å². The first-order valence-corrected chi connectivity index (χ1v) is 5.37. The molecule has 1 heterocycles. The molecule has 0 bridgehead atoms. The first-order chi connectivity index (χ1) is 8.75. The monoisotopic (exact) mass is 239 g/mol. The van der Waals surface area contributed by atoms with Gasteiger partial charge in [-0.25, -0.2) is 4.79 Å². The van der Waals surface area contributed by atoms with Gasteiger partial charge in [-0.3, -0.25) is 4.57 Å². The lowest BCUT2D eigenvalue weighted by Crippen LogP contribution is -2.04. The van der Waals surface area contributed by atoms with E-state index in [0.29, 0.717) is 5.69 Å². The Morgan fingerprint density at radius 2 is 1.67 bits per heavy atom. The average Bonchev–Trinajstić information content (AvgIpc) is 2.91. The summed E-state index contributed by atoms with van der Waals surface area (Å²) < 4.78 is 1.59. The quantitative estimate of drug-likeness (QED) is 0.743. The van der Waals surface area contributed by atoms with Gasteiger partial charge in [0.1, 0.15) is 12.7 Å². The van der Waals surface area contributed by atoms with Crippen LogP contribution in [0.15, 0.2) is 49.1 Å². The highest BCUT2D eigenvalue weighted by Gasteiger charge is 2.13. The second-order valence-electron chi connectivity index (χ2n) is 3.89. The van der Waals surface area contributed by atoms with Gasteiger partial charge in [-0.05, 0) is 22.9 Å². The molecule has 2 aromatic carbocycles.